The minimum absolute atomic E-state index is 0.186. The van der Waals surface area contributed by atoms with E-state index in [1.54, 1.807) is 0 Å². The SMILES string of the molecule is C=CC(Cl)CCCCCCCCCCCCCCCCCCC. The molecule has 0 spiro atoms. The molecule has 0 saturated carbocycles. The second-order valence-electron chi connectivity index (χ2n) is 7.20. The van der Waals surface area contributed by atoms with Gasteiger partial charge in [-0.1, -0.05) is 122 Å². The average molecular weight is 343 g/mol. The molecular formula is C22H43Cl. The number of hydrogen-bond acceptors (Lipinski definition) is 0. The molecule has 0 aromatic carbocycles. The molecule has 1 heteroatoms. The fourth-order valence-electron chi connectivity index (χ4n) is 3.18. The first-order chi connectivity index (χ1) is 11.3. The van der Waals surface area contributed by atoms with Gasteiger partial charge in [-0.25, -0.2) is 0 Å². The lowest BCUT2D eigenvalue weighted by atomic mass is 10.0. The fourth-order valence-corrected chi connectivity index (χ4v) is 3.34. The quantitative estimate of drug-likeness (QED) is 0.125. The van der Waals surface area contributed by atoms with Crippen molar-refractivity contribution in [2.75, 3.05) is 0 Å². The van der Waals surface area contributed by atoms with Gasteiger partial charge >= 0.3 is 0 Å². The van der Waals surface area contributed by atoms with Crippen molar-refractivity contribution in [1.29, 1.82) is 0 Å². The van der Waals surface area contributed by atoms with Crippen LogP contribution in [0.3, 0.4) is 0 Å². The third-order valence-electron chi connectivity index (χ3n) is 4.84. The molecule has 0 aromatic rings. The van der Waals surface area contributed by atoms with Gasteiger partial charge in [0.25, 0.3) is 0 Å². The molecule has 0 bridgehead atoms. The molecule has 0 heterocycles. The second-order valence-corrected chi connectivity index (χ2v) is 7.76. The highest BCUT2D eigenvalue weighted by molar-refractivity contribution is 6.21. The predicted molar refractivity (Wildman–Crippen MR) is 109 cm³/mol. The molecule has 0 N–H and O–H groups in total. The van der Waals surface area contributed by atoms with Gasteiger partial charge in [0, 0.05) is 0 Å². The molecule has 138 valence electrons. The van der Waals surface area contributed by atoms with Gasteiger partial charge in [-0.2, -0.15) is 0 Å². The molecule has 0 fully saturated rings. The van der Waals surface area contributed by atoms with Gasteiger partial charge < -0.3 is 0 Å². The van der Waals surface area contributed by atoms with Crippen molar-refractivity contribution in [3.63, 3.8) is 0 Å². The first-order valence-electron chi connectivity index (χ1n) is 10.6. The van der Waals surface area contributed by atoms with Crippen LogP contribution in [-0.2, 0) is 0 Å². The molecule has 0 amide bonds. The zero-order valence-corrected chi connectivity index (χ0v) is 16.7. The van der Waals surface area contributed by atoms with Crippen molar-refractivity contribution in [3.8, 4) is 0 Å². The summed E-state index contributed by atoms with van der Waals surface area (Å²) in [5.41, 5.74) is 0. The van der Waals surface area contributed by atoms with Gasteiger partial charge in [-0.05, 0) is 6.42 Å². The summed E-state index contributed by atoms with van der Waals surface area (Å²) in [5, 5.41) is 0.186. The molecule has 0 rings (SSSR count). The zero-order valence-electron chi connectivity index (χ0n) is 16.0. The fraction of sp³-hybridized carbons (Fsp3) is 0.909. The summed E-state index contributed by atoms with van der Waals surface area (Å²) >= 11 is 6.02. The van der Waals surface area contributed by atoms with Gasteiger partial charge in [0.2, 0.25) is 0 Å². The third kappa shape index (κ3) is 20.0. The lowest BCUT2D eigenvalue weighted by molar-refractivity contribution is 0.525. The number of hydrogen-bond donors (Lipinski definition) is 0. The first kappa shape index (κ1) is 23.0. The van der Waals surface area contributed by atoms with Gasteiger partial charge in [0.15, 0.2) is 0 Å². The Hall–Kier alpha value is 0.0300. The van der Waals surface area contributed by atoms with Crippen LogP contribution < -0.4 is 0 Å². The van der Waals surface area contributed by atoms with Crippen LogP contribution >= 0.6 is 11.6 Å². The van der Waals surface area contributed by atoms with Crippen molar-refractivity contribution in [2.24, 2.45) is 0 Å². The Morgan fingerprint density at radius 1 is 0.609 bits per heavy atom. The number of allylic oxidation sites excluding steroid dienone is 1. The van der Waals surface area contributed by atoms with Crippen LogP contribution in [0.25, 0.3) is 0 Å². The Bertz CT molecular complexity index is 224. The summed E-state index contributed by atoms with van der Waals surface area (Å²) in [7, 11) is 0. The van der Waals surface area contributed by atoms with Crippen molar-refractivity contribution >= 4 is 11.6 Å². The molecule has 0 aliphatic carbocycles. The summed E-state index contributed by atoms with van der Waals surface area (Å²) in [6.45, 7) is 6.02. The van der Waals surface area contributed by atoms with E-state index >= 15 is 0 Å². The van der Waals surface area contributed by atoms with Crippen LogP contribution in [0.4, 0.5) is 0 Å². The molecule has 0 aromatic heterocycles. The molecule has 0 radical (unpaired) electrons. The standard InChI is InChI=1S/C22H43Cl/c1-3-5-6-7-8-9-10-11-12-13-14-15-16-17-18-19-20-21-22(23)4-2/h4,22H,2-3,5-21H2,1H3. The van der Waals surface area contributed by atoms with Gasteiger partial charge in [0.1, 0.15) is 0 Å². The Kier molecular flexibility index (Phi) is 20.1. The molecule has 23 heavy (non-hydrogen) atoms. The van der Waals surface area contributed by atoms with Crippen molar-refractivity contribution in [1.82, 2.24) is 0 Å². The molecule has 1 unspecified atom stereocenters. The Labute approximate surface area is 152 Å². The lowest BCUT2D eigenvalue weighted by Gasteiger charge is -2.04. The van der Waals surface area contributed by atoms with E-state index < -0.39 is 0 Å². The summed E-state index contributed by atoms with van der Waals surface area (Å²) < 4.78 is 0. The topological polar surface area (TPSA) is 0 Å². The van der Waals surface area contributed by atoms with Gasteiger partial charge in [-0.3, -0.25) is 0 Å². The monoisotopic (exact) mass is 342 g/mol. The highest BCUT2D eigenvalue weighted by atomic mass is 35.5. The van der Waals surface area contributed by atoms with E-state index in [1.165, 1.54) is 109 Å². The van der Waals surface area contributed by atoms with Crippen molar-refractivity contribution < 1.29 is 0 Å². The zero-order chi connectivity index (χ0) is 17.0. The highest BCUT2D eigenvalue weighted by Gasteiger charge is 1.98. The Morgan fingerprint density at radius 2 is 0.913 bits per heavy atom. The third-order valence-corrected chi connectivity index (χ3v) is 5.24. The number of rotatable bonds is 19. The molecule has 1 atom stereocenters. The van der Waals surface area contributed by atoms with Crippen molar-refractivity contribution in [3.05, 3.63) is 12.7 Å². The minimum Gasteiger partial charge on any atom is -0.118 e. The van der Waals surface area contributed by atoms with E-state index in [1.807, 2.05) is 6.08 Å². The van der Waals surface area contributed by atoms with E-state index in [9.17, 15) is 0 Å². The maximum Gasteiger partial charge on any atom is 0.0513 e. The van der Waals surface area contributed by atoms with E-state index in [0.717, 1.165) is 6.42 Å². The van der Waals surface area contributed by atoms with E-state index in [4.69, 9.17) is 11.6 Å². The van der Waals surface area contributed by atoms with Crippen LogP contribution in [0.15, 0.2) is 12.7 Å². The van der Waals surface area contributed by atoms with Crippen molar-refractivity contribution in [2.45, 2.75) is 128 Å². The molecule has 0 saturated heterocycles. The lowest BCUT2D eigenvalue weighted by Crippen LogP contribution is -1.92. The molecule has 0 nitrogen and oxygen atoms in total. The van der Waals surface area contributed by atoms with Crippen LogP contribution in [0.5, 0.6) is 0 Å². The maximum absolute atomic E-state index is 6.02. The Morgan fingerprint density at radius 3 is 1.22 bits per heavy atom. The largest absolute Gasteiger partial charge is 0.118 e. The van der Waals surface area contributed by atoms with Crippen LogP contribution in [0, 0.1) is 0 Å². The smallest absolute Gasteiger partial charge is 0.0513 e. The number of unbranched alkanes of at least 4 members (excludes halogenated alkanes) is 16. The van der Waals surface area contributed by atoms with E-state index in [0.29, 0.717) is 0 Å². The van der Waals surface area contributed by atoms with E-state index in [2.05, 4.69) is 13.5 Å². The minimum atomic E-state index is 0.186. The summed E-state index contributed by atoms with van der Waals surface area (Å²) in [5.74, 6) is 0. The molecular weight excluding hydrogens is 300 g/mol. The summed E-state index contributed by atoms with van der Waals surface area (Å²) in [4.78, 5) is 0. The first-order valence-corrected chi connectivity index (χ1v) is 11.0. The molecule has 0 aliphatic heterocycles. The van der Waals surface area contributed by atoms with Crippen LogP contribution in [0.2, 0.25) is 0 Å². The normalized spacial score (nSPS) is 12.4. The van der Waals surface area contributed by atoms with Gasteiger partial charge in [0.05, 0.1) is 5.38 Å². The maximum atomic E-state index is 6.02. The average Bonchev–Trinajstić information content (AvgIpc) is 2.57. The van der Waals surface area contributed by atoms with E-state index in [-0.39, 0.29) is 5.38 Å². The van der Waals surface area contributed by atoms with Gasteiger partial charge in [-0.15, -0.1) is 18.2 Å². The number of alkyl halides is 1. The highest BCUT2D eigenvalue weighted by Crippen LogP contribution is 2.15. The number of halogens is 1. The second kappa shape index (κ2) is 20.1. The molecule has 0 aliphatic rings. The predicted octanol–water partition coefficient (Wildman–Crippen LogP) is 8.82. The van der Waals surface area contributed by atoms with Crippen LogP contribution in [-0.4, -0.2) is 5.38 Å². The summed E-state index contributed by atoms with van der Waals surface area (Å²) in [6.07, 6.45) is 27.2. The van der Waals surface area contributed by atoms with Crippen LogP contribution in [0.1, 0.15) is 122 Å². The Balaban J connectivity index is 2.99. The summed E-state index contributed by atoms with van der Waals surface area (Å²) in [6, 6.07) is 0.